The summed E-state index contributed by atoms with van der Waals surface area (Å²) < 4.78 is 14.9. The lowest BCUT2D eigenvalue weighted by molar-refractivity contribution is -0.138. The smallest absolute Gasteiger partial charge is 0.325 e. The van der Waals surface area contributed by atoms with E-state index in [2.05, 4.69) is 0 Å². The van der Waals surface area contributed by atoms with E-state index in [4.69, 9.17) is 10.8 Å². The summed E-state index contributed by atoms with van der Waals surface area (Å²) >= 11 is 0. The van der Waals surface area contributed by atoms with E-state index in [1.54, 1.807) is 16.8 Å². The molecule has 2 rings (SSSR count). The van der Waals surface area contributed by atoms with Gasteiger partial charge in [-0.05, 0) is 25.1 Å². The molecule has 0 radical (unpaired) electrons. The van der Waals surface area contributed by atoms with E-state index in [0.29, 0.717) is 23.0 Å². The van der Waals surface area contributed by atoms with Crippen LogP contribution in [0.1, 0.15) is 18.5 Å². The Morgan fingerprint density at radius 1 is 1.59 bits per heavy atom. The lowest BCUT2D eigenvalue weighted by Crippen LogP contribution is -2.20. The molecule has 17 heavy (non-hydrogen) atoms. The van der Waals surface area contributed by atoms with Crippen molar-refractivity contribution in [1.29, 1.82) is 0 Å². The minimum absolute atomic E-state index is 0.347. The van der Waals surface area contributed by atoms with Crippen LogP contribution in [0, 0.1) is 5.82 Å². The van der Waals surface area contributed by atoms with Crippen molar-refractivity contribution >= 4 is 16.9 Å². The van der Waals surface area contributed by atoms with Crippen LogP contribution in [0.4, 0.5) is 4.39 Å². The van der Waals surface area contributed by atoms with Crippen LogP contribution < -0.4 is 5.73 Å². The van der Waals surface area contributed by atoms with Crippen LogP contribution in [0.15, 0.2) is 24.4 Å². The molecular weight excluding hydrogens is 223 g/mol. The average Bonchev–Trinajstić information content (AvgIpc) is 2.65. The quantitative estimate of drug-likeness (QED) is 0.855. The number of benzene rings is 1. The zero-order valence-electron chi connectivity index (χ0n) is 9.35. The van der Waals surface area contributed by atoms with Crippen LogP contribution in [0.25, 0.3) is 10.9 Å². The number of carboxylic acid groups (broad SMARTS) is 1. The number of rotatable bonds is 3. The molecule has 0 bridgehead atoms. The van der Waals surface area contributed by atoms with Gasteiger partial charge in [0, 0.05) is 23.7 Å². The van der Waals surface area contributed by atoms with Gasteiger partial charge in [0.15, 0.2) is 0 Å². The number of halogens is 1. The molecule has 1 unspecified atom stereocenters. The van der Waals surface area contributed by atoms with Crippen molar-refractivity contribution in [3.8, 4) is 0 Å². The first-order chi connectivity index (χ1) is 8.04. The van der Waals surface area contributed by atoms with Crippen molar-refractivity contribution in [3.63, 3.8) is 0 Å². The average molecular weight is 236 g/mol. The van der Waals surface area contributed by atoms with Crippen molar-refractivity contribution in [2.75, 3.05) is 0 Å². The maximum absolute atomic E-state index is 13.2. The number of hydrogen-bond donors (Lipinski definition) is 2. The van der Waals surface area contributed by atoms with E-state index < -0.39 is 12.0 Å². The van der Waals surface area contributed by atoms with E-state index in [0.717, 1.165) is 0 Å². The maximum atomic E-state index is 13.2. The van der Waals surface area contributed by atoms with Crippen LogP contribution in [0.3, 0.4) is 0 Å². The number of hydrogen-bond acceptors (Lipinski definition) is 2. The van der Waals surface area contributed by atoms with Crippen LogP contribution in [0.2, 0.25) is 0 Å². The summed E-state index contributed by atoms with van der Waals surface area (Å²) in [5, 5.41) is 9.61. The van der Waals surface area contributed by atoms with Crippen molar-refractivity contribution < 1.29 is 14.3 Å². The Hall–Kier alpha value is -1.88. The monoisotopic (exact) mass is 236 g/mol. The van der Waals surface area contributed by atoms with E-state index in [9.17, 15) is 9.18 Å². The third-order valence-corrected chi connectivity index (χ3v) is 2.82. The summed E-state index contributed by atoms with van der Waals surface area (Å²) in [6, 6.07) is 3.17. The molecule has 1 aromatic carbocycles. The Balaban J connectivity index is 2.69. The third-order valence-electron chi connectivity index (χ3n) is 2.82. The molecular formula is C12H13FN2O2. The van der Waals surface area contributed by atoms with Crippen molar-refractivity contribution in [2.45, 2.75) is 19.5 Å². The normalized spacial score (nSPS) is 12.9. The second-order valence-electron chi connectivity index (χ2n) is 3.85. The lowest BCUT2D eigenvalue weighted by atomic mass is 10.1. The molecule has 4 nitrogen and oxygen atoms in total. The summed E-state index contributed by atoms with van der Waals surface area (Å²) in [5.74, 6) is -1.44. The zero-order valence-corrected chi connectivity index (χ0v) is 9.35. The van der Waals surface area contributed by atoms with Gasteiger partial charge in [0.25, 0.3) is 0 Å². The number of carboxylic acids is 1. The minimum atomic E-state index is -1.09. The molecule has 1 heterocycles. The van der Waals surface area contributed by atoms with Gasteiger partial charge in [0.1, 0.15) is 11.9 Å². The zero-order chi connectivity index (χ0) is 12.6. The number of aromatic nitrogens is 1. The highest BCUT2D eigenvalue weighted by atomic mass is 19.1. The van der Waals surface area contributed by atoms with Gasteiger partial charge in [-0.2, -0.15) is 0 Å². The third kappa shape index (κ3) is 1.89. The fraction of sp³-hybridized carbons (Fsp3) is 0.250. The first-order valence-corrected chi connectivity index (χ1v) is 5.31. The van der Waals surface area contributed by atoms with Crippen molar-refractivity contribution in [2.24, 2.45) is 5.73 Å². The van der Waals surface area contributed by atoms with E-state index in [-0.39, 0.29) is 5.82 Å². The molecule has 0 saturated carbocycles. The van der Waals surface area contributed by atoms with Crippen LogP contribution >= 0.6 is 0 Å². The molecule has 0 fully saturated rings. The Morgan fingerprint density at radius 2 is 2.29 bits per heavy atom. The second kappa shape index (κ2) is 4.18. The summed E-state index contributed by atoms with van der Waals surface area (Å²) in [6.45, 7) is 2.53. The Labute approximate surface area is 97.5 Å². The van der Waals surface area contributed by atoms with Gasteiger partial charge in [-0.15, -0.1) is 0 Å². The van der Waals surface area contributed by atoms with Gasteiger partial charge >= 0.3 is 5.97 Å². The SMILES string of the molecule is CCn1cc(C(N)C(=O)O)c2ccc(F)cc21. The standard InChI is InChI=1S/C12H13FN2O2/c1-2-15-6-9(11(14)12(16)17)8-4-3-7(13)5-10(8)15/h3-6,11H,2,14H2,1H3,(H,16,17). The topological polar surface area (TPSA) is 68.2 Å². The molecule has 0 aliphatic heterocycles. The number of aliphatic carboxylic acids is 1. The maximum Gasteiger partial charge on any atom is 0.325 e. The molecule has 90 valence electrons. The van der Waals surface area contributed by atoms with Gasteiger partial charge in [-0.1, -0.05) is 0 Å². The Kier molecular flexibility index (Phi) is 2.85. The first kappa shape index (κ1) is 11.6. The Morgan fingerprint density at radius 3 is 2.88 bits per heavy atom. The second-order valence-corrected chi connectivity index (χ2v) is 3.85. The van der Waals surface area contributed by atoms with E-state index in [1.165, 1.54) is 12.1 Å². The molecule has 3 N–H and O–H groups in total. The fourth-order valence-electron chi connectivity index (χ4n) is 1.94. The summed E-state index contributed by atoms with van der Waals surface area (Å²) in [5.41, 5.74) is 6.78. The summed E-state index contributed by atoms with van der Waals surface area (Å²) in [7, 11) is 0. The summed E-state index contributed by atoms with van der Waals surface area (Å²) in [4.78, 5) is 10.9. The predicted octanol–water partition coefficient (Wildman–Crippen LogP) is 1.88. The number of nitrogens with zero attached hydrogens (tertiary/aromatic N) is 1. The molecule has 0 spiro atoms. The number of aryl methyl sites for hydroxylation is 1. The summed E-state index contributed by atoms with van der Waals surface area (Å²) in [6.07, 6.45) is 1.67. The van der Waals surface area contributed by atoms with Gasteiger partial charge in [-0.3, -0.25) is 4.79 Å². The molecule has 0 amide bonds. The highest BCUT2D eigenvalue weighted by molar-refractivity contribution is 5.89. The molecule has 1 aromatic heterocycles. The molecule has 2 aromatic rings. The fourth-order valence-corrected chi connectivity index (χ4v) is 1.94. The molecule has 0 saturated heterocycles. The van der Waals surface area contributed by atoms with Gasteiger partial charge < -0.3 is 15.4 Å². The molecule has 5 heteroatoms. The number of fused-ring (bicyclic) bond motifs is 1. The first-order valence-electron chi connectivity index (χ1n) is 5.31. The lowest BCUT2D eigenvalue weighted by Gasteiger charge is -2.03. The predicted molar refractivity (Wildman–Crippen MR) is 62.1 cm³/mol. The molecule has 1 atom stereocenters. The van der Waals surface area contributed by atoms with Crippen LogP contribution in [-0.2, 0) is 11.3 Å². The number of nitrogens with two attached hydrogens (primary N) is 1. The van der Waals surface area contributed by atoms with Crippen molar-refractivity contribution in [1.82, 2.24) is 4.57 Å². The van der Waals surface area contributed by atoms with Crippen LogP contribution in [-0.4, -0.2) is 15.6 Å². The van der Waals surface area contributed by atoms with E-state index in [1.807, 2.05) is 6.92 Å². The van der Waals surface area contributed by atoms with Crippen LogP contribution in [0.5, 0.6) is 0 Å². The van der Waals surface area contributed by atoms with Crippen molar-refractivity contribution in [3.05, 3.63) is 35.8 Å². The van der Waals surface area contributed by atoms with E-state index >= 15 is 0 Å². The Bertz CT molecular complexity index is 577. The molecule has 0 aliphatic rings. The van der Waals surface area contributed by atoms with Gasteiger partial charge in [0.2, 0.25) is 0 Å². The highest BCUT2D eigenvalue weighted by Crippen LogP contribution is 2.26. The highest BCUT2D eigenvalue weighted by Gasteiger charge is 2.20. The molecule has 0 aliphatic carbocycles. The van der Waals surface area contributed by atoms with Gasteiger partial charge in [0.05, 0.1) is 5.52 Å². The van der Waals surface area contributed by atoms with Gasteiger partial charge in [-0.25, -0.2) is 4.39 Å². The largest absolute Gasteiger partial charge is 0.480 e. The number of carbonyl (C=O) groups is 1. The minimum Gasteiger partial charge on any atom is -0.480 e.